The van der Waals surface area contributed by atoms with Gasteiger partial charge in [0.05, 0.1) is 0 Å². The first-order valence-electron chi connectivity index (χ1n) is 4.09. The third kappa shape index (κ3) is 1.27. The standard InChI is InChI=1S/C8H18OSi/c1-6-7(5-9)8(6)10(2,3)4/h6-9H,5H2,1-4H3/t6-,7-,8?/m1/s1. The maximum Gasteiger partial charge on any atom is 0.0480 e. The molecule has 0 bridgehead atoms. The van der Waals surface area contributed by atoms with E-state index in [0.717, 1.165) is 11.5 Å². The molecule has 1 N–H and O–H groups in total. The first-order chi connectivity index (χ1) is 4.48. The minimum atomic E-state index is -0.931. The van der Waals surface area contributed by atoms with E-state index in [1.807, 2.05) is 0 Å². The van der Waals surface area contributed by atoms with Gasteiger partial charge in [-0.25, -0.2) is 0 Å². The predicted molar refractivity (Wildman–Crippen MR) is 46.8 cm³/mol. The molecule has 0 spiro atoms. The van der Waals surface area contributed by atoms with Gasteiger partial charge >= 0.3 is 0 Å². The van der Waals surface area contributed by atoms with Crippen LogP contribution < -0.4 is 0 Å². The van der Waals surface area contributed by atoms with Crippen molar-refractivity contribution >= 4 is 8.07 Å². The molecule has 0 saturated heterocycles. The van der Waals surface area contributed by atoms with Crippen LogP contribution in [-0.4, -0.2) is 19.8 Å². The second-order valence-corrected chi connectivity index (χ2v) is 10.00. The van der Waals surface area contributed by atoms with E-state index in [4.69, 9.17) is 5.11 Å². The zero-order chi connectivity index (χ0) is 7.94. The smallest absolute Gasteiger partial charge is 0.0480 e. The molecule has 60 valence electrons. The summed E-state index contributed by atoms with van der Waals surface area (Å²) in [4.78, 5) is 0. The van der Waals surface area contributed by atoms with Crippen LogP contribution in [0.15, 0.2) is 0 Å². The van der Waals surface area contributed by atoms with E-state index in [2.05, 4.69) is 26.6 Å². The lowest BCUT2D eigenvalue weighted by atomic mass is 10.4. The van der Waals surface area contributed by atoms with E-state index in [1.54, 1.807) is 0 Å². The normalized spacial score (nSPS) is 39.9. The maximum atomic E-state index is 8.93. The Balaban J connectivity index is 2.48. The fourth-order valence-corrected chi connectivity index (χ4v) is 5.66. The van der Waals surface area contributed by atoms with Crippen molar-refractivity contribution < 1.29 is 5.11 Å². The summed E-state index contributed by atoms with van der Waals surface area (Å²) in [7, 11) is -0.931. The fourth-order valence-electron chi connectivity index (χ4n) is 2.26. The van der Waals surface area contributed by atoms with Gasteiger partial charge in [-0.2, -0.15) is 0 Å². The second kappa shape index (κ2) is 2.34. The summed E-state index contributed by atoms with van der Waals surface area (Å²) in [5.74, 6) is 1.45. The van der Waals surface area contributed by atoms with E-state index < -0.39 is 8.07 Å². The maximum absolute atomic E-state index is 8.93. The average molecular weight is 158 g/mol. The summed E-state index contributed by atoms with van der Waals surface area (Å²) in [6, 6.07) is 0. The fraction of sp³-hybridized carbons (Fsp3) is 1.00. The summed E-state index contributed by atoms with van der Waals surface area (Å²) in [5, 5.41) is 8.93. The monoisotopic (exact) mass is 158 g/mol. The number of aliphatic hydroxyl groups is 1. The first kappa shape index (κ1) is 8.28. The van der Waals surface area contributed by atoms with Crippen molar-refractivity contribution in [1.82, 2.24) is 0 Å². The third-order valence-electron chi connectivity index (χ3n) is 2.77. The average Bonchev–Trinajstić information content (AvgIpc) is 2.39. The molecule has 0 aromatic heterocycles. The van der Waals surface area contributed by atoms with E-state index in [1.165, 1.54) is 0 Å². The van der Waals surface area contributed by atoms with Crippen molar-refractivity contribution in [3.05, 3.63) is 0 Å². The predicted octanol–water partition coefficient (Wildman–Crippen LogP) is 1.95. The van der Waals surface area contributed by atoms with E-state index in [9.17, 15) is 0 Å². The molecule has 0 aromatic carbocycles. The van der Waals surface area contributed by atoms with Crippen LogP contribution in [-0.2, 0) is 0 Å². The Bertz CT molecular complexity index is 128. The topological polar surface area (TPSA) is 20.2 Å². The van der Waals surface area contributed by atoms with Crippen molar-refractivity contribution in [3.8, 4) is 0 Å². The van der Waals surface area contributed by atoms with Crippen LogP contribution >= 0.6 is 0 Å². The van der Waals surface area contributed by atoms with Crippen LogP contribution in [0.3, 0.4) is 0 Å². The molecular weight excluding hydrogens is 140 g/mol. The molecule has 1 aliphatic rings. The molecule has 0 radical (unpaired) electrons. The van der Waals surface area contributed by atoms with Crippen LogP contribution in [0.5, 0.6) is 0 Å². The lowest BCUT2D eigenvalue weighted by Crippen LogP contribution is -2.21. The van der Waals surface area contributed by atoms with Gasteiger partial charge in [-0.1, -0.05) is 26.6 Å². The van der Waals surface area contributed by atoms with E-state index in [0.29, 0.717) is 12.5 Å². The summed E-state index contributed by atoms with van der Waals surface area (Å²) < 4.78 is 0. The van der Waals surface area contributed by atoms with Crippen molar-refractivity contribution in [1.29, 1.82) is 0 Å². The quantitative estimate of drug-likeness (QED) is 0.609. The molecule has 0 aromatic rings. The minimum absolute atomic E-state index is 0.413. The van der Waals surface area contributed by atoms with Crippen molar-refractivity contribution in [2.24, 2.45) is 11.8 Å². The van der Waals surface area contributed by atoms with Gasteiger partial charge in [-0.15, -0.1) is 0 Å². The molecule has 2 heteroatoms. The number of aliphatic hydroxyl groups excluding tert-OH is 1. The van der Waals surface area contributed by atoms with Crippen molar-refractivity contribution in [2.75, 3.05) is 6.61 Å². The third-order valence-corrected chi connectivity index (χ3v) is 5.73. The minimum Gasteiger partial charge on any atom is -0.396 e. The highest BCUT2D eigenvalue weighted by atomic mass is 28.3. The highest BCUT2D eigenvalue weighted by Gasteiger charge is 2.52. The molecule has 0 aliphatic heterocycles. The van der Waals surface area contributed by atoms with Gasteiger partial charge in [0.1, 0.15) is 0 Å². The molecule has 1 rings (SSSR count). The highest BCUT2D eigenvalue weighted by Crippen LogP contribution is 2.56. The van der Waals surface area contributed by atoms with Gasteiger partial charge in [0.2, 0.25) is 0 Å². The zero-order valence-corrected chi connectivity index (χ0v) is 8.39. The number of hydrogen-bond acceptors (Lipinski definition) is 1. The summed E-state index contributed by atoms with van der Waals surface area (Å²) >= 11 is 0. The molecule has 1 unspecified atom stereocenters. The van der Waals surface area contributed by atoms with Crippen LogP contribution in [0.4, 0.5) is 0 Å². The lowest BCUT2D eigenvalue weighted by Gasteiger charge is -2.15. The Labute approximate surface area is 64.5 Å². The molecule has 1 aliphatic carbocycles. The summed E-state index contributed by atoms with van der Waals surface area (Å²) in [5.41, 5.74) is 0.887. The molecule has 1 fully saturated rings. The summed E-state index contributed by atoms with van der Waals surface area (Å²) in [6.45, 7) is 9.86. The Hall–Kier alpha value is 0.177. The molecule has 0 amide bonds. The van der Waals surface area contributed by atoms with Crippen LogP contribution in [0.2, 0.25) is 25.2 Å². The zero-order valence-electron chi connectivity index (χ0n) is 7.39. The van der Waals surface area contributed by atoms with Crippen molar-refractivity contribution in [2.45, 2.75) is 32.1 Å². The van der Waals surface area contributed by atoms with Gasteiger partial charge < -0.3 is 5.11 Å². The number of rotatable bonds is 2. The molecule has 0 heterocycles. The van der Waals surface area contributed by atoms with Gasteiger partial charge in [-0.05, 0) is 17.4 Å². The lowest BCUT2D eigenvalue weighted by molar-refractivity contribution is 0.270. The Morgan fingerprint density at radius 2 is 1.80 bits per heavy atom. The van der Waals surface area contributed by atoms with Crippen LogP contribution in [0, 0.1) is 11.8 Å². The van der Waals surface area contributed by atoms with Crippen LogP contribution in [0.25, 0.3) is 0 Å². The summed E-state index contributed by atoms with van der Waals surface area (Å²) in [6.07, 6.45) is 0. The van der Waals surface area contributed by atoms with Gasteiger partial charge in [0.25, 0.3) is 0 Å². The Morgan fingerprint density at radius 3 is 1.90 bits per heavy atom. The second-order valence-electron chi connectivity index (χ2n) is 4.60. The molecular formula is C8H18OSi. The Morgan fingerprint density at radius 1 is 1.30 bits per heavy atom. The number of hydrogen-bond donors (Lipinski definition) is 1. The van der Waals surface area contributed by atoms with Crippen molar-refractivity contribution in [3.63, 3.8) is 0 Å². The molecule has 1 nitrogen and oxygen atoms in total. The van der Waals surface area contributed by atoms with Gasteiger partial charge in [-0.3, -0.25) is 0 Å². The largest absolute Gasteiger partial charge is 0.396 e. The Kier molecular flexibility index (Phi) is 1.94. The van der Waals surface area contributed by atoms with E-state index in [-0.39, 0.29) is 0 Å². The molecule has 3 atom stereocenters. The SMILES string of the molecule is C[C@H]1C([Si](C)(C)C)[C@@H]1CO. The van der Waals surface area contributed by atoms with E-state index >= 15 is 0 Å². The molecule has 10 heavy (non-hydrogen) atoms. The van der Waals surface area contributed by atoms with Crippen LogP contribution in [0.1, 0.15) is 6.92 Å². The first-order valence-corrected chi connectivity index (χ1v) is 7.67. The highest BCUT2D eigenvalue weighted by molar-refractivity contribution is 6.78. The molecule has 1 saturated carbocycles. The van der Waals surface area contributed by atoms with Gasteiger partial charge in [0.15, 0.2) is 0 Å². The van der Waals surface area contributed by atoms with Gasteiger partial charge in [0, 0.05) is 14.7 Å².